The third-order valence-electron chi connectivity index (χ3n) is 5.58. The van der Waals surface area contributed by atoms with Gasteiger partial charge in [-0.1, -0.05) is 42.5 Å². The number of methoxy groups -OCH3 is 1. The minimum atomic E-state index is -0.719. The van der Waals surface area contributed by atoms with E-state index in [2.05, 4.69) is 0 Å². The third kappa shape index (κ3) is 4.46. The van der Waals surface area contributed by atoms with Crippen LogP contribution in [0.3, 0.4) is 0 Å². The summed E-state index contributed by atoms with van der Waals surface area (Å²) in [7, 11) is 1.58. The third-order valence-corrected chi connectivity index (χ3v) is 5.58. The number of ether oxygens (including phenoxy) is 2. The zero-order chi connectivity index (χ0) is 23.4. The summed E-state index contributed by atoms with van der Waals surface area (Å²) in [6, 6.07) is 22.7. The number of benzene rings is 3. The molecule has 33 heavy (non-hydrogen) atoms. The normalized spacial score (nSPS) is 17.3. The second kappa shape index (κ2) is 9.61. The fraction of sp³-hybridized carbons (Fsp3) is 0.185. The summed E-state index contributed by atoms with van der Waals surface area (Å²) < 4.78 is 10.8. The van der Waals surface area contributed by atoms with Crippen molar-refractivity contribution < 1.29 is 24.2 Å². The Morgan fingerprint density at radius 2 is 1.67 bits per heavy atom. The highest BCUT2D eigenvalue weighted by Crippen LogP contribution is 2.40. The van der Waals surface area contributed by atoms with Crippen molar-refractivity contribution in [3.63, 3.8) is 0 Å². The minimum Gasteiger partial charge on any atom is -0.507 e. The predicted octanol–water partition coefficient (Wildman–Crippen LogP) is 4.72. The van der Waals surface area contributed by atoms with Gasteiger partial charge in [0.2, 0.25) is 0 Å². The van der Waals surface area contributed by atoms with E-state index in [-0.39, 0.29) is 17.9 Å². The van der Waals surface area contributed by atoms with Crippen molar-refractivity contribution in [2.75, 3.05) is 13.7 Å². The molecule has 1 saturated heterocycles. The van der Waals surface area contributed by atoms with Gasteiger partial charge in [0, 0.05) is 12.1 Å². The van der Waals surface area contributed by atoms with Crippen LogP contribution < -0.4 is 9.47 Å². The van der Waals surface area contributed by atoms with Crippen LogP contribution in [0.25, 0.3) is 5.76 Å². The second-order valence-electron chi connectivity index (χ2n) is 7.65. The maximum Gasteiger partial charge on any atom is 0.295 e. The van der Waals surface area contributed by atoms with Gasteiger partial charge in [0.05, 0.1) is 25.3 Å². The fourth-order valence-corrected chi connectivity index (χ4v) is 4.02. The molecule has 1 fully saturated rings. The molecule has 0 radical (unpaired) electrons. The molecule has 6 heteroatoms. The molecule has 1 amide bonds. The molecule has 1 atom stereocenters. The number of ketones is 1. The summed E-state index contributed by atoms with van der Waals surface area (Å²) >= 11 is 0. The lowest BCUT2D eigenvalue weighted by molar-refractivity contribution is -0.140. The molecule has 168 valence electrons. The van der Waals surface area contributed by atoms with Crippen LogP contribution in [0.2, 0.25) is 0 Å². The summed E-state index contributed by atoms with van der Waals surface area (Å²) in [5.74, 6) is -0.252. The summed E-state index contributed by atoms with van der Waals surface area (Å²) in [5.41, 5.74) is 2.07. The van der Waals surface area contributed by atoms with Crippen molar-refractivity contribution >= 4 is 17.4 Å². The Labute approximate surface area is 192 Å². The van der Waals surface area contributed by atoms with Gasteiger partial charge in [-0.2, -0.15) is 0 Å². The highest BCUT2D eigenvalue weighted by atomic mass is 16.5. The molecule has 1 aliphatic heterocycles. The van der Waals surface area contributed by atoms with Gasteiger partial charge >= 0.3 is 0 Å². The first-order valence-electron chi connectivity index (χ1n) is 10.7. The number of carbonyl (C=O) groups is 2. The number of likely N-dealkylation sites (tertiary alicyclic amines) is 1. The Bertz CT molecular complexity index is 1180. The van der Waals surface area contributed by atoms with Crippen LogP contribution in [-0.4, -0.2) is 35.4 Å². The summed E-state index contributed by atoms with van der Waals surface area (Å²) in [6.07, 6.45) is 0. The Morgan fingerprint density at radius 1 is 0.939 bits per heavy atom. The van der Waals surface area contributed by atoms with E-state index in [0.717, 1.165) is 11.1 Å². The van der Waals surface area contributed by atoms with Gasteiger partial charge in [0.15, 0.2) is 0 Å². The summed E-state index contributed by atoms with van der Waals surface area (Å²) in [6.45, 7) is 2.60. The number of aliphatic hydroxyl groups excluding tert-OH is 1. The van der Waals surface area contributed by atoms with Gasteiger partial charge in [0.1, 0.15) is 17.3 Å². The average Bonchev–Trinajstić information content (AvgIpc) is 3.10. The van der Waals surface area contributed by atoms with Crippen molar-refractivity contribution in [2.24, 2.45) is 0 Å². The number of hydrogen-bond acceptors (Lipinski definition) is 5. The molecular weight excluding hydrogens is 418 g/mol. The molecule has 3 aromatic rings. The molecule has 1 unspecified atom stereocenters. The van der Waals surface area contributed by atoms with E-state index in [1.807, 2.05) is 61.5 Å². The first kappa shape index (κ1) is 22.1. The second-order valence-corrected chi connectivity index (χ2v) is 7.65. The number of amides is 1. The molecule has 0 spiro atoms. The zero-order valence-corrected chi connectivity index (χ0v) is 18.5. The van der Waals surface area contributed by atoms with Crippen molar-refractivity contribution in [1.29, 1.82) is 0 Å². The van der Waals surface area contributed by atoms with Crippen LogP contribution in [0, 0.1) is 0 Å². The Balaban J connectivity index is 1.79. The number of aliphatic hydroxyl groups is 1. The van der Waals surface area contributed by atoms with Crippen molar-refractivity contribution in [1.82, 2.24) is 4.90 Å². The monoisotopic (exact) mass is 443 g/mol. The van der Waals surface area contributed by atoms with Gasteiger partial charge in [-0.3, -0.25) is 9.59 Å². The molecule has 0 saturated carbocycles. The summed E-state index contributed by atoms with van der Waals surface area (Å²) in [5, 5.41) is 11.1. The van der Waals surface area contributed by atoms with Crippen molar-refractivity contribution in [3.8, 4) is 11.5 Å². The van der Waals surface area contributed by atoms with E-state index in [1.54, 1.807) is 31.4 Å². The number of nitrogens with zero attached hydrogens (tertiary/aromatic N) is 1. The van der Waals surface area contributed by atoms with E-state index in [0.29, 0.717) is 23.7 Å². The SMILES string of the molecule is CCOc1ccc(/C(O)=C2/C(=O)C(=O)N(Cc3cccc(OC)c3)C2c2ccccc2)cc1. The Morgan fingerprint density at radius 3 is 2.33 bits per heavy atom. The van der Waals surface area contributed by atoms with Crippen molar-refractivity contribution in [3.05, 3.63) is 101 Å². The quantitative estimate of drug-likeness (QED) is 0.325. The molecule has 0 bridgehead atoms. The Kier molecular flexibility index (Phi) is 6.45. The van der Waals surface area contributed by atoms with E-state index in [1.165, 1.54) is 4.90 Å². The van der Waals surface area contributed by atoms with Crippen LogP contribution in [0.4, 0.5) is 0 Å². The first-order chi connectivity index (χ1) is 16.0. The van der Waals surface area contributed by atoms with Gasteiger partial charge < -0.3 is 19.5 Å². The van der Waals surface area contributed by atoms with E-state index in [9.17, 15) is 14.7 Å². The van der Waals surface area contributed by atoms with E-state index in [4.69, 9.17) is 9.47 Å². The molecular formula is C27H25NO5. The largest absolute Gasteiger partial charge is 0.507 e. The lowest BCUT2D eigenvalue weighted by Gasteiger charge is -2.25. The van der Waals surface area contributed by atoms with Gasteiger partial charge in [-0.05, 0) is 54.4 Å². The predicted molar refractivity (Wildman–Crippen MR) is 125 cm³/mol. The fourth-order valence-electron chi connectivity index (χ4n) is 4.02. The van der Waals surface area contributed by atoms with Crippen LogP contribution in [0.1, 0.15) is 29.7 Å². The van der Waals surface area contributed by atoms with Gasteiger partial charge in [-0.25, -0.2) is 0 Å². The molecule has 0 aromatic heterocycles. The molecule has 1 N–H and O–H groups in total. The number of carbonyl (C=O) groups excluding carboxylic acids is 2. The lowest BCUT2D eigenvalue weighted by atomic mass is 9.95. The van der Waals surface area contributed by atoms with Crippen LogP contribution in [-0.2, 0) is 16.1 Å². The maximum absolute atomic E-state index is 13.1. The maximum atomic E-state index is 13.1. The average molecular weight is 443 g/mol. The van der Waals surface area contributed by atoms with Crippen LogP contribution in [0.15, 0.2) is 84.4 Å². The highest BCUT2D eigenvalue weighted by Gasteiger charge is 2.46. The molecule has 0 aliphatic carbocycles. The molecule has 1 heterocycles. The van der Waals surface area contributed by atoms with Crippen LogP contribution >= 0.6 is 0 Å². The van der Waals surface area contributed by atoms with E-state index < -0.39 is 17.7 Å². The van der Waals surface area contributed by atoms with Crippen LogP contribution in [0.5, 0.6) is 11.5 Å². The minimum absolute atomic E-state index is 0.0678. The number of rotatable bonds is 7. The standard InChI is InChI=1S/C27H25NO5/c1-3-33-21-14-12-20(13-15-21)25(29)23-24(19-9-5-4-6-10-19)28(27(31)26(23)30)17-18-8-7-11-22(16-18)32-2/h4-16,24,29H,3,17H2,1-2H3/b25-23-. The summed E-state index contributed by atoms with van der Waals surface area (Å²) in [4.78, 5) is 27.7. The Hall–Kier alpha value is -4.06. The smallest absolute Gasteiger partial charge is 0.295 e. The first-order valence-corrected chi connectivity index (χ1v) is 10.7. The molecule has 3 aromatic carbocycles. The number of hydrogen-bond donors (Lipinski definition) is 1. The van der Waals surface area contributed by atoms with Crippen molar-refractivity contribution in [2.45, 2.75) is 19.5 Å². The van der Waals surface area contributed by atoms with E-state index >= 15 is 0 Å². The topological polar surface area (TPSA) is 76.1 Å². The zero-order valence-electron chi connectivity index (χ0n) is 18.5. The van der Waals surface area contributed by atoms with Gasteiger partial charge in [0.25, 0.3) is 11.7 Å². The molecule has 1 aliphatic rings. The number of Topliss-reactive ketones (excluding diaryl/α,β-unsaturated/α-hetero) is 1. The molecule has 6 nitrogen and oxygen atoms in total. The van der Waals surface area contributed by atoms with Gasteiger partial charge in [-0.15, -0.1) is 0 Å². The lowest BCUT2D eigenvalue weighted by Crippen LogP contribution is -2.29. The highest BCUT2D eigenvalue weighted by molar-refractivity contribution is 6.46. The molecule has 4 rings (SSSR count).